The quantitative estimate of drug-likeness (QED) is 0.729. The molecule has 0 atom stereocenters. The van der Waals surface area contributed by atoms with Crippen molar-refractivity contribution >= 4 is 11.8 Å². The number of hydrogen-bond donors (Lipinski definition) is 2. The van der Waals surface area contributed by atoms with Gasteiger partial charge in [0.1, 0.15) is 11.1 Å². The maximum atomic E-state index is 13.4. The van der Waals surface area contributed by atoms with Gasteiger partial charge in [0.25, 0.3) is 11.8 Å². The Labute approximate surface area is 171 Å². The first-order valence-corrected chi connectivity index (χ1v) is 9.71. The normalized spacial score (nSPS) is 14.4. The number of nitrogens with zero attached hydrogens (tertiary/aromatic N) is 1. The van der Waals surface area contributed by atoms with Gasteiger partial charge in [-0.2, -0.15) is 0 Å². The average Bonchev–Trinajstić information content (AvgIpc) is 2.75. The van der Waals surface area contributed by atoms with Gasteiger partial charge in [0.05, 0.1) is 0 Å². The number of benzene rings is 1. The molecular weight excluding hydrogens is 399 g/mol. The molecule has 6 nitrogen and oxygen atoms in total. The molecule has 1 fully saturated rings. The zero-order valence-corrected chi connectivity index (χ0v) is 16.4. The summed E-state index contributed by atoms with van der Waals surface area (Å²) in [6.45, 7) is -0.319. The van der Waals surface area contributed by atoms with E-state index in [0.717, 1.165) is 44.2 Å². The fourth-order valence-corrected chi connectivity index (χ4v) is 3.63. The number of amides is 2. The van der Waals surface area contributed by atoms with Crippen molar-refractivity contribution in [2.75, 3.05) is 7.05 Å². The highest BCUT2D eigenvalue weighted by atomic mass is 19.2. The number of nitrogens with one attached hydrogen (secondary N) is 2. The molecule has 3 rings (SSSR count). The molecule has 0 unspecified atom stereocenters. The monoisotopic (exact) mass is 421 g/mol. The van der Waals surface area contributed by atoms with E-state index in [1.54, 1.807) is 4.57 Å². The maximum absolute atomic E-state index is 13.4. The largest absolute Gasteiger partial charge is 0.355 e. The summed E-state index contributed by atoms with van der Waals surface area (Å²) in [7, 11) is 1.39. The first-order chi connectivity index (χ1) is 14.3. The zero-order chi connectivity index (χ0) is 21.8. The van der Waals surface area contributed by atoms with Gasteiger partial charge in [-0.15, -0.1) is 0 Å². The van der Waals surface area contributed by atoms with Crippen LogP contribution < -0.4 is 16.1 Å². The van der Waals surface area contributed by atoms with Gasteiger partial charge in [-0.25, -0.2) is 13.2 Å². The highest BCUT2D eigenvalue weighted by Gasteiger charge is 2.22. The van der Waals surface area contributed by atoms with Crippen LogP contribution in [0.5, 0.6) is 0 Å². The number of halogens is 3. The van der Waals surface area contributed by atoms with Crippen LogP contribution >= 0.6 is 0 Å². The minimum atomic E-state index is -1.60. The van der Waals surface area contributed by atoms with E-state index in [9.17, 15) is 27.6 Å². The SMILES string of the molecule is CNC(=O)c1cn(C2CCCCC2)cc(C(=O)NCc2cc(F)c(F)c(F)c2)c1=O. The number of aromatic nitrogens is 1. The molecule has 1 aliphatic rings. The Morgan fingerprint density at radius 2 is 1.57 bits per heavy atom. The smallest absolute Gasteiger partial charge is 0.257 e. The van der Waals surface area contributed by atoms with Gasteiger partial charge in [0.2, 0.25) is 5.43 Å². The molecule has 0 bridgehead atoms. The molecule has 0 radical (unpaired) electrons. The van der Waals surface area contributed by atoms with E-state index in [0.29, 0.717) is 0 Å². The van der Waals surface area contributed by atoms with Crippen molar-refractivity contribution in [2.45, 2.75) is 44.7 Å². The van der Waals surface area contributed by atoms with Crippen LogP contribution in [0.15, 0.2) is 29.3 Å². The Morgan fingerprint density at radius 1 is 1.00 bits per heavy atom. The van der Waals surface area contributed by atoms with Crippen LogP contribution in [0.25, 0.3) is 0 Å². The summed E-state index contributed by atoms with van der Waals surface area (Å²) in [5.74, 6) is -5.75. The topological polar surface area (TPSA) is 80.2 Å². The minimum absolute atomic E-state index is 0.00480. The van der Waals surface area contributed by atoms with Crippen molar-refractivity contribution in [3.63, 3.8) is 0 Å². The second-order valence-electron chi connectivity index (χ2n) is 7.29. The first kappa shape index (κ1) is 21.6. The number of hydrogen-bond acceptors (Lipinski definition) is 3. The van der Waals surface area contributed by atoms with Gasteiger partial charge in [-0.1, -0.05) is 19.3 Å². The lowest BCUT2D eigenvalue weighted by Crippen LogP contribution is -2.35. The second-order valence-corrected chi connectivity index (χ2v) is 7.29. The highest BCUT2D eigenvalue weighted by Crippen LogP contribution is 2.28. The van der Waals surface area contributed by atoms with E-state index >= 15 is 0 Å². The maximum Gasteiger partial charge on any atom is 0.257 e. The van der Waals surface area contributed by atoms with E-state index < -0.39 is 34.7 Å². The molecule has 0 saturated heterocycles. The summed E-state index contributed by atoms with van der Waals surface area (Å²) in [6, 6.07) is 1.59. The molecule has 160 valence electrons. The Morgan fingerprint density at radius 3 is 2.13 bits per heavy atom. The lowest BCUT2D eigenvalue weighted by Gasteiger charge is -2.25. The number of carbonyl (C=O) groups is 2. The van der Waals surface area contributed by atoms with E-state index in [1.807, 2.05) is 0 Å². The third-order valence-corrected chi connectivity index (χ3v) is 5.25. The molecular formula is C21H22F3N3O3. The molecule has 2 aromatic rings. The Balaban J connectivity index is 1.90. The average molecular weight is 421 g/mol. The molecule has 9 heteroatoms. The summed E-state index contributed by atoms with van der Waals surface area (Å²) >= 11 is 0. The zero-order valence-electron chi connectivity index (χ0n) is 16.4. The predicted octanol–water partition coefficient (Wildman–Crippen LogP) is 3.06. The van der Waals surface area contributed by atoms with Gasteiger partial charge in [-0.3, -0.25) is 14.4 Å². The molecule has 1 aromatic carbocycles. The van der Waals surface area contributed by atoms with Crippen LogP contribution in [0.1, 0.15) is 64.4 Å². The fraction of sp³-hybridized carbons (Fsp3) is 0.381. The summed E-state index contributed by atoms with van der Waals surface area (Å²) in [4.78, 5) is 37.5. The van der Waals surface area contributed by atoms with Crippen LogP contribution in [0.4, 0.5) is 13.2 Å². The Bertz CT molecular complexity index is 1010. The molecule has 1 aromatic heterocycles. The number of carbonyl (C=O) groups excluding carboxylic acids is 2. The van der Waals surface area contributed by atoms with Gasteiger partial charge >= 0.3 is 0 Å². The number of pyridine rings is 1. The summed E-state index contributed by atoms with van der Waals surface area (Å²) in [5.41, 5.74) is -1.15. The molecule has 1 aliphatic carbocycles. The van der Waals surface area contributed by atoms with Crippen molar-refractivity contribution in [1.82, 2.24) is 15.2 Å². The van der Waals surface area contributed by atoms with Gasteiger partial charge in [0.15, 0.2) is 17.5 Å². The Kier molecular flexibility index (Phi) is 6.59. The van der Waals surface area contributed by atoms with E-state index in [-0.39, 0.29) is 29.3 Å². The van der Waals surface area contributed by atoms with Crippen LogP contribution in [0.2, 0.25) is 0 Å². The molecule has 2 amide bonds. The van der Waals surface area contributed by atoms with Gasteiger partial charge in [-0.05, 0) is 30.5 Å². The van der Waals surface area contributed by atoms with E-state index in [4.69, 9.17) is 0 Å². The van der Waals surface area contributed by atoms with Crippen LogP contribution in [-0.4, -0.2) is 23.4 Å². The molecule has 2 N–H and O–H groups in total. The third-order valence-electron chi connectivity index (χ3n) is 5.25. The lowest BCUT2D eigenvalue weighted by atomic mass is 9.95. The standard InChI is InChI=1S/C21H22F3N3O3/c1-25-20(29)14-10-27(13-5-3-2-4-6-13)11-15(19(14)28)21(30)26-9-12-7-16(22)18(24)17(23)8-12/h7-8,10-11,13H,2-6,9H2,1H3,(H,25,29)(H,26,30). The molecule has 0 aliphatic heterocycles. The first-order valence-electron chi connectivity index (χ1n) is 9.71. The predicted molar refractivity (Wildman–Crippen MR) is 104 cm³/mol. The number of rotatable bonds is 5. The van der Waals surface area contributed by atoms with E-state index in [1.165, 1.54) is 19.4 Å². The summed E-state index contributed by atoms with van der Waals surface area (Å²) in [5, 5.41) is 4.80. The minimum Gasteiger partial charge on any atom is -0.355 e. The van der Waals surface area contributed by atoms with Crippen molar-refractivity contribution in [3.8, 4) is 0 Å². The molecule has 1 heterocycles. The molecule has 30 heavy (non-hydrogen) atoms. The summed E-state index contributed by atoms with van der Waals surface area (Å²) in [6.07, 6.45) is 7.73. The Hall–Kier alpha value is -3.10. The van der Waals surface area contributed by atoms with Crippen LogP contribution in [-0.2, 0) is 6.54 Å². The van der Waals surface area contributed by atoms with E-state index in [2.05, 4.69) is 10.6 Å². The van der Waals surface area contributed by atoms with Crippen LogP contribution in [0, 0.1) is 17.5 Å². The summed E-state index contributed by atoms with van der Waals surface area (Å²) < 4.78 is 41.5. The molecule has 1 saturated carbocycles. The van der Waals surface area contributed by atoms with Crippen molar-refractivity contribution in [3.05, 3.63) is 68.9 Å². The van der Waals surface area contributed by atoms with Gasteiger partial charge < -0.3 is 15.2 Å². The second kappa shape index (κ2) is 9.15. The molecule has 0 spiro atoms. The lowest BCUT2D eigenvalue weighted by molar-refractivity contribution is 0.0948. The fourth-order valence-electron chi connectivity index (χ4n) is 3.63. The highest BCUT2D eigenvalue weighted by molar-refractivity contribution is 5.99. The van der Waals surface area contributed by atoms with Crippen molar-refractivity contribution in [2.24, 2.45) is 0 Å². The van der Waals surface area contributed by atoms with Crippen LogP contribution in [0.3, 0.4) is 0 Å². The van der Waals surface area contributed by atoms with Gasteiger partial charge in [0, 0.05) is 32.0 Å². The van der Waals surface area contributed by atoms with Crippen molar-refractivity contribution < 1.29 is 22.8 Å². The van der Waals surface area contributed by atoms with Crippen molar-refractivity contribution in [1.29, 1.82) is 0 Å². The third kappa shape index (κ3) is 4.55.